The van der Waals surface area contributed by atoms with Crippen molar-refractivity contribution in [3.63, 3.8) is 0 Å². The molecule has 12 heavy (non-hydrogen) atoms. The molecule has 4 heteroatoms. The predicted molar refractivity (Wildman–Crippen MR) is 53.3 cm³/mol. The minimum Gasteiger partial charge on any atom is -0.396 e. The predicted octanol–water partition coefficient (Wildman–Crippen LogP) is 0.947. The van der Waals surface area contributed by atoms with Crippen molar-refractivity contribution in [2.45, 2.75) is 39.3 Å². The number of rotatable bonds is 6. The molecule has 0 radical (unpaired) electrons. The van der Waals surface area contributed by atoms with Crippen molar-refractivity contribution in [1.82, 2.24) is 0 Å². The van der Waals surface area contributed by atoms with E-state index >= 15 is 0 Å². The molecule has 0 aromatic heterocycles. The molecule has 0 saturated heterocycles. The van der Waals surface area contributed by atoms with E-state index in [1.165, 1.54) is 0 Å². The summed E-state index contributed by atoms with van der Waals surface area (Å²) in [7, 11) is -1.67. The van der Waals surface area contributed by atoms with Gasteiger partial charge in [0.05, 0.1) is 5.16 Å². The van der Waals surface area contributed by atoms with Crippen LogP contribution in [0.3, 0.4) is 0 Å². The second-order valence-corrected chi connectivity index (χ2v) is 5.75. The fourth-order valence-electron chi connectivity index (χ4n) is 0.898. The number of hydrogen-bond acceptors (Lipinski definition) is 3. The SMILES string of the molecule is CCO[SiH](OCC)C(C)(N)CC. The van der Waals surface area contributed by atoms with Crippen molar-refractivity contribution < 1.29 is 8.85 Å². The second kappa shape index (κ2) is 5.69. The van der Waals surface area contributed by atoms with Gasteiger partial charge in [-0.3, -0.25) is 0 Å². The molecule has 0 heterocycles. The van der Waals surface area contributed by atoms with E-state index in [0.717, 1.165) is 6.42 Å². The summed E-state index contributed by atoms with van der Waals surface area (Å²) in [6.45, 7) is 9.43. The molecule has 1 unspecified atom stereocenters. The normalized spacial score (nSPS) is 16.5. The molecule has 0 aromatic rings. The van der Waals surface area contributed by atoms with Crippen molar-refractivity contribution in [1.29, 1.82) is 0 Å². The van der Waals surface area contributed by atoms with Gasteiger partial charge in [0.25, 0.3) is 0 Å². The maximum Gasteiger partial charge on any atom is 0.341 e. The van der Waals surface area contributed by atoms with Crippen molar-refractivity contribution in [3.8, 4) is 0 Å². The highest BCUT2D eigenvalue weighted by Gasteiger charge is 2.32. The van der Waals surface area contributed by atoms with Crippen LogP contribution in [0.1, 0.15) is 34.1 Å². The van der Waals surface area contributed by atoms with Crippen molar-refractivity contribution in [2.75, 3.05) is 13.2 Å². The molecule has 0 fully saturated rings. The molecule has 1 atom stereocenters. The fourth-order valence-corrected chi connectivity index (χ4v) is 2.69. The fraction of sp³-hybridized carbons (Fsp3) is 1.00. The van der Waals surface area contributed by atoms with E-state index in [2.05, 4.69) is 6.92 Å². The van der Waals surface area contributed by atoms with Crippen molar-refractivity contribution in [3.05, 3.63) is 0 Å². The third-order valence-electron chi connectivity index (χ3n) is 1.94. The van der Waals surface area contributed by atoms with Crippen LogP contribution in [-0.4, -0.2) is 27.7 Å². The Bertz CT molecular complexity index is 114. The van der Waals surface area contributed by atoms with Gasteiger partial charge >= 0.3 is 9.28 Å². The Kier molecular flexibility index (Phi) is 5.74. The highest BCUT2D eigenvalue weighted by molar-refractivity contribution is 6.48. The summed E-state index contributed by atoms with van der Waals surface area (Å²) in [5.74, 6) is 0. The largest absolute Gasteiger partial charge is 0.396 e. The quantitative estimate of drug-likeness (QED) is 0.636. The van der Waals surface area contributed by atoms with E-state index in [1.54, 1.807) is 0 Å². The number of hydrogen-bond donors (Lipinski definition) is 1. The van der Waals surface area contributed by atoms with Crippen LogP contribution in [0.25, 0.3) is 0 Å². The van der Waals surface area contributed by atoms with E-state index in [4.69, 9.17) is 14.6 Å². The van der Waals surface area contributed by atoms with Gasteiger partial charge in [0.15, 0.2) is 0 Å². The Balaban J connectivity index is 4.07. The highest BCUT2D eigenvalue weighted by Crippen LogP contribution is 2.11. The lowest BCUT2D eigenvalue weighted by Crippen LogP contribution is -2.54. The van der Waals surface area contributed by atoms with Gasteiger partial charge in [0.1, 0.15) is 0 Å². The van der Waals surface area contributed by atoms with Crippen LogP contribution < -0.4 is 5.73 Å². The smallest absolute Gasteiger partial charge is 0.341 e. The molecule has 0 amide bonds. The van der Waals surface area contributed by atoms with Crippen LogP contribution in [-0.2, 0) is 8.85 Å². The maximum atomic E-state index is 6.04. The molecule has 2 N–H and O–H groups in total. The zero-order valence-corrected chi connectivity index (χ0v) is 9.75. The summed E-state index contributed by atoms with van der Waals surface area (Å²) >= 11 is 0. The Morgan fingerprint density at radius 2 is 1.58 bits per heavy atom. The zero-order chi connectivity index (χ0) is 9.61. The van der Waals surface area contributed by atoms with Crippen LogP contribution in [0.4, 0.5) is 0 Å². The maximum absolute atomic E-state index is 6.04. The van der Waals surface area contributed by atoms with Gasteiger partial charge in [-0.1, -0.05) is 6.92 Å². The average Bonchev–Trinajstić information content (AvgIpc) is 2.04. The minimum atomic E-state index is -1.67. The Labute approximate surface area is 77.1 Å². The van der Waals surface area contributed by atoms with Crippen molar-refractivity contribution >= 4 is 9.28 Å². The molecule has 0 spiro atoms. The summed E-state index contributed by atoms with van der Waals surface area (Å²) in [6, 6.07) is 0. The van der Waals surface area contributed by atoms with Gasteiger partial charge in [0, 0.05) is 13.2 Å². The molecule has 0 aromatic carbocycles. The Hall–Kier alpha value is 0.0969. The standard InChI is InChI=1S/C8H21NO2Si/c1-5-8(4,9)12(10-6-2)11-7-3/h12H,5-7,9H2,1-4H3. The summed E-state index contributed by atoms with van der Waals surface area (Å²) in [5, 5.41) is -0.244. The third kappa shape index (κ3) is 3.67. The van der Waals surface area contributed by atoms with Gasteiger partial charge in [-0.25, -0.2) is 0 Å². The monoisotopic (exact) mass is 191 g/mol. The van der Waals surface area contributed by atoms with Crippen LogP contribution in [0, 0.1) is 0 Å². The van der Waals surface area contributed by atoms with E-state index < -0.39 is 9.28 Å². The molecular formula is C8H21NO2Si. The first-order valence-corrected chi connectivity index (χ1v) is 6.12. The van der Waals surface area contributed by atoms with Crippen LogP contribution >= 0.6 is 0 Å². The zero-order valence-electron chi connectivity index (χ0n) is 8.59. The van der Waals surface area contributed by atoms with Gasteiger partial charge in [-0.05, 0) is 27.2 Å². The van der Waals surface area contributed by atoms with Crippen LogP contribution in [0.15, 0.2) is 0 Å². The summed E-state index contributed by atoms with van der Waals surface area (Å²) < 4.78 is 11.1. The highest BCUT2D eigenvalue weighted by atomic mass is 28.3. The summed E-state index contributed by atoms with van der Waals surface area (Å²) in [6.07, 6.45) is 0.907. The van der Waals surface area contributed by atoms with Crippen molar-refractivity contribution in [2.24, 2.45) is 5.73 Å². The molecule has 0 aliphatic carbocycles. The molecule has 3 nitrogen and oxygen atoms in total. The van der Waals surface area contributed by atoms with E-state index in [-0.39, 0.29) is 5.16 Å². The lowest BCUT2D eigenvalue weighted by atomic mass is 10.3. The lowest BCUT2D eigenvalue weighted by Gasteiger charge is -2.30. The van der Waals surface area contributed by atoms with E-state index in [1.807, 2.05) is 20.8 Å². The van der Waals surface area contributed by atoms with Gasteiger partial charge in [0.2, 0.25) is 0 Å². The molecule has 0 aliphatic rings. The first-order chi connectivity index (χ1) is 5.58. The van der Waals surface area contributed by atoms with Crippen LogP contribution in [0.2, 0.25) is 0 Å². The first kappa shape index (κ1) is 12.1. The molecule has 74 valence electrons. The molecule has 0 bridgehead atoms. The van der Waals surface area contributed by atoms with Gasteiger partial charge < -0.3 is 14.6 Å². The van der Waals surface area contributed by atoms with Crippen LogP contribution in [0.5, 0.6) is 0 Å². The molecular weight excluding hydrogens is 170 g/mol. The Morgan fingerprint density at radius 1 is 1.17 bits per heavy atom. The molecule has 0 rings (SSSR count). The minimum absolute atomic E-state index is 0.244. The summed E-state index contributed by atoms with van der Waals surface area (Å²) in [5.41, 5.74) is 6.04. The second-order valence-electron chi connectivity index (χ2n) is 3.10. The lowest BCUT2D eigenvalue weighted by molar-refractivity contribution is 0.188. The van der Waals surface area contributed by atoms with Gasteiger partial charge in [-0.15, -0.1) is 0 Å². The van der Waals surface area contributed by atoms with E-state index in [9.17, 15) is 0 Å². The first-order valence-electron chi connectivity index (χ1n) is 4.60. The average molecular weight is 191 g/mol. The topological polar surface area (TPSA) is 44.5 Å². The number of nitrogens with two attached hydrogens (primary N) is 1. The Morgan fingerprint density at radius 3 is 1.83 bits per heavy atom. The third-order valence-corrected chi connectivity index (χ3v) is 4.69. The molecule has 0 aliphatic heterocycles. The van der Waals surface area contributed by atoms with E-state index in [0.29, 0.717) is 13.2 Å². The van der Waals surface area contributed by atoms with Gasteiger partial charge in [-0.2, -0.15) is 0 Å². The summed E-state index contributed by atoms with van der Waals surface area (Å²) in [4.78, 5) is 0. The molecule has 0 saturated carbocycles.